The second kappa shape index (κ2) is 12.8. The van der Waals surface area contributed by atoms with E-state index in [1.54, 1.807) is 6.07 Å². The Hall–Kier alpha value is -4.62. The normalized spacial score (nSPS) is 16.5. The molecule has 3 amide bonds. The van der Waals surface area contributed by atoms with Gasteiger partial charge in [0.15, 0.2) is 5.78 Å². The average molecular weight is 657 g/mol. The van der Waals surface area contributed by atoms with Crippen LogP contribution in [0.2, 0.25) is 5.02 Å². The molecular formula is C31H27ClF2N4O6S. The van der Waals surface area contributed by atoms with E-state index in [4.69, 9.17) is 11.6 Å². The number of carbonyl (C=O) groups excluding carboxylic acids is 4. The van der Waals surface area contributed by atoms with Crippen molar-refractivity contribution in [2.75, 3.05) is 6.54 Å². The molecule has 0 saturated carbocycles. The number of rotatable bonds is 9. The molecular weight excluding hydrogens is 630 g/mol. The molecule has 0 radical (unpaired) electrons. The third-order valence-corrected chi connectivity index (χ3v) is 9.11. The van der Waals surface area contributed by atoms with Crippen molar-refractivity contribution < 1.29 is 36.4 Å². The molecule has 10 nitrogen and oxygen atoms in total. The van der Waals surface area contributed by atoms with E-state index < -0.39 is 52.3 Å². The quantitative estimate of drug-likeness (QED) is 0.262. The predicted molar refractivity (Wildman–Crippen MR) is 161 cm³/mol. The number of carbonyl (C=O) groups is 4. The summed E-state index contributed by atoms with van der Waals surface area (Å²) >= 11 is 5.80. The highest BCUT2D eigenvalue weighted by Crippen LogP contribution is 2.26. The van der Waals surface area contributed by atoms with Crippen LogP contribution in [0.1, 0.15) is 39.6 Å². The van der Waals surface area contributed by atoms with Gasteiger partial charge in [-0.1, -0.05) is 48.0 Å². The van der Waals surface area contributed by atoms with Gasteiger partial charge < -0.3 is 14.8 Å². The number of nitrogens with zero attached hydrogens (tertiary/aromatic N) is 2. The van der Waals surface area contributed by atoms with Crippen LogP contribution in [-0.2, 0) is 32.7 Å². The first-order valence-electron chi connectivity index (χ1n) is 13.8. The number of alkyl halides is 1. The number of benzene rings is 3. The Morgan fingerprint density at radius 2 is 1.76 bits per heavy atom. The monoisotopic (exact) mass is 656 g/mol. The Morgan fingerprint density at radius 1 is 1.02 bits per heavy atom. The molecule has 4 aromatic rings. The van der Waals surface area contributed by atoms with Gasteiger partial charge in [-0.15, -0.1) is 0 Å². The van der Waals surface area contributed by atoms with Crippen molar-refractivity contribution in [2.24, 2.45) is 0 Å². The molecule has 2 unspecified atom stereocenters. The highest BCUT2D eigenvalue weighted by molar-refractivity contribution is 7.90. The van der Waals surface area contributed by atoms with Crippen molar-refractivity contribution >= 4 is 56.0 Å². The van der Waals surface area contributed by atoms with E-state index in [0.717, 1.165) is 4.90 Å². The standard InChI is InChI=1S/C31H27ClF2N4O6S/c1-18(39)24-16-37(26-12-19(10-11-23(24)26)30(41)36-45(43,44)22-7-3-2-4-8-22)17-28(40)38-15-21(33)13-27(38)31(42)35-14-20-6-5-9-25(32)29(20)34/h2-12,16,21,27H,13-15,17H2,1H3,(H,35,42)(H,36,41). The number of nitrogens with one attached hydrogen (secondary N) is 2. The van der Waals surface area contributed by atoms with Crippen LogP contribution in [0.5, 0.6) is 0 Å². The number of aromatic nitrogens is 1. The van der Waals surface area contributed by atoms with Gasteiger partial charge in [-0.3, -0.25) is 19.2 Å². The molecule has 0 spiro atoms. The molecule has 3 aromatic carbocycles. The zero-order chi connectivity index (χ0) is 32.5. The largest absolute Gasteiger partial charge is 0.350 e. The van der Waals surface area contributed by atoms with E-state index >= 15 is 0 Å². The first-order valence-corrected chi connectivity index (χ1v) is 15.6. The summed E-state index contributed by atoms with van der Waals surface area (Å²) in [5.74, 6) is -3.28. The lowest BCUT2D eigenvalue weighted by atomic mass is 10.1. The number of amides is 3. The van der Waals surface area contributed by atoms with Crippen LogP contribution in [0.15, 0.2) is 77.8 Å². The average Bonchev–Trinajstić information content (AvgIpc) is 3.58. The molecule has 234 valence electrons. The topological polar surface area (TPSA) is 135 Å². The summed E-state index contributed by atoms with van der Waals surface area (Å²) in [7, 11) is -4.18. The van der Waals surface area contributed by atoms with Crippen molar-refractivity contribution in [3.8, 4) is 0 Å². The van der Waals surface area contributed by atoms with Gasteiger partial charge in [0.2, 0.25) is 11.8 Å². The molecule has 45 heavy (non-hydrogen) atoms. The molecule has 0 aliphatic carbocycles. The molecule has 1 saturated heterocycles. The van der Waals surface area contributed by atoms with Gasteiger partial charge in [0.1, 0.15) is 24.6 Å². The fraction of sp³-hybridized carbons (Fsp3) is 0.226. The SMILES string of the molecule is CC(=O)c1cn(CC(=O)N2CC(F)CC2C(=O)NCc2cccc(Cl)c2F)c2cc(C(=O)NS(=O)(=O)c3ccccc3)ccc12. The van der Waals surface area contributed by atoms with Crippen LogP contribution < -0.4 is 10.0 Å². The fourth-order valence-corrected chi connectivity index (χ4v) is 6.40. The number of hydrogen-bond acceptors (Lipinski definition) is 6. The summed E-state index contributed by atoms with van der Waals surface area (Å²) in [5, 5.41) is 2.82. The van der Waals surface area contributed by atoms with Crippen LogP contribution in [0.25, 0.3) is 10.9 Å². The maximum atomic E-state index is 14.5. The van der Waals surface area contributed by atoms with Gasteiger partial charge in [-0.05, 0) is 37.3 Å². The lowest BCUT2D eigenvalue weighted by molar-refractivity contribution is -0.139. The summed E-state index contributed by atoms with van der Waals surface area (Å²) in [5.41, 5.74) is 0.575. The van der Waals surface area contributed by atoms with E-state index in [0.29, 0.717) is 5.39 Å². The molecule has 1 fully saturated rings. The van der Waals surface area contributed by atoms with Crippen molar-refractivity contribution in [1.82, 2.24) is 19.5 Å². The minimum absolute atomic E-state index is 0.0561. The molecule has 1 aliphatic heterocycles. The highest BCUT2D eigenvalue weighted by Gasteiger charge is 2.40. The number of sulfonamides is 1. The minimum Gasteiger partial charge on any atom is -0.350 e. The van der Waals surface area contributed by atoms with Crippen LogP contribution >= 0.6 is 11.6 Å². The van der Waals surface area contributed by atoms with Gasteiger partial charge in [-0.25, -0.2) is 21.9 Å². The lowest BCUT2D eigenvalue weighted by Gasteiger charge is -2.24. The number of Topliss-reactive ketones (excluding diaryl/α,β-unsaturated/α-hetero) is 1. The van der Waals surface area contributed by atoms with E-state index in [1.165, 1.54) is 78.4 Å². The van der Waals surface area contributed by atoms with Crippen molar-refractivity contribution in [3.63, 3.8) is 0 Å². The van der Waals surface area contributed by atoms with Crippen LogP contribution in [-0.4, -0.2) is 60.1 Å². The summed E-state index contributed by atoms with van der Waals surface area (Å²) in [6, 6.07) is 14.6. The molecule has 2 heterocycles. The van der Waals surface area contributed by atoms with Crippen molar-refractivity contribution in [2.45, 2.75) is 43.5 Å². The smallest absolute Gasteiger partial charge is 0.265 e. The Kier molecular flexibility index (Phi) is 9.03. The van der Waals surface area contributed by atoms with E-state index in [-0.39, 0.29) is 57.4 Å². The molecule has 2 N–H and O–H groups in total. The molecule has 1 aliphatic rings. The Morgan fingerprint density at radius 3 is 2.47 bits per heavy atom. The third-order valence-electron chi connectivity index (χ3n) is 7.47. The summed E-state index contributed by atoms with van der Waals surface area (Å²) in [6.07, 6.45) is -0.336. The Balaban J connectivity index is 1.37. The maximum Gasteiger partial charge on any atom is 0.265 e. The first kappa shape index (κ1) is 31.8. The van der Waals surface area contributed by atoms with Crippen LogP contribution in [0.4, 0.5) is 8.78 Å². The Bertz CT molecular complexity index is 1930. The van der Waals surface area contributed by atoms with Gasteiger partial charge in [0, 0.05) is 41.2 Å². The second-order valence-corrected chi connectivity index (χ2v) is 12.6. The van der Waals surface area contributed by atoms with Gasteiger partial charge >= 0.3 is 0 Å². The molecule has 2 atom stereocenters. The first-order chi connectivity index (χ1) is 21.4. The van der Waals surface area contributed by atoms with Gasteiger partial charge in [0.25, 0.3) is 15.9 Å². The minimum atomic E-state index is -4.18. The van der Waals surface area contributed by atoms with Crippen molar-refractivity contribution in [1.29, 1.82) is 0 Å². The number of likely N-dealkylation sites (tertiary alicyclic amines) is 1. The highest BCUT2D eigenvalue weighted by atomic mass is 35.5. The maximum absolute atomic E-state index is 14.5. The van der Waals surface area contributed by atoms with Crippen molar-refractivity contribution in [3.05, 3.63) is 100 Å². The lowest BCUT2D eigenvalue weighted by Crippen LogP contribution is -2.46. The number of halogens is 3. The second-order valence-electron chi connectivity index (χ2n) is 10.5. The van der Waals surface area contributed by atoms with E-state index in [1.807, 2.05) is 4.72 Å². The summed E-state index contributed by atoms with van der Waals surface area (Å²) in [4.78, 5) is 52.8. The van der Waals surface area contributed by atoms with E-state index in [2.05, 4.69) is 5.32 Å². The number of hydrogen-bond donors (Lipinski definition) is 2. The third kappa shape index (κ3) is 6.74. The van der Waals surface area contributed by atoms with Gasteiger partial charge in [-0.2, -0.15) is 0 Å². The predicted octanol–water partition coefficient (Wildman–Crippen LogP) is 4.01. The number of ketones is 1. The van der Waals surface area contributed by atoms with Crippen LogP contribution in [0.3, 0.4) is 0 Å². The molecule has 14 heteroatoms. The molecule has 5 rings (SSSR count). The Labute approximate surface area is 262 Å². The number of fused-ring (bicyclic) bond motifs is 1. The van der Waals surface area contributed by atoms with Crippen LogP contribution in [0, 0.1) is 5.82 Å². The summed E-state index contributed by atoms with van der Waals surface area (Å²) < 4.78 is 57.6. The van der Waals surface area contributed by atoms with Gasteiger partial charge in [0.05, 0.1) is 22.0 Å². The zero-order valence-corrected chi connectivity index (χ0v) is 25.4. The van der Waals surface area contributed by atoms with E-state index in [9.17, 15) is 36.4 Å². The fourth-order valence-electron chi connectivity index (χ4n) is 5.21. The molecule has 0 bridgehead atoms. The summed E-state index contributed by atoms with van der Waals surface area (Å²) in [6.45, 7) is 0.323. The molecule has 1 aromatic heterocycles. The zero-order valence-electron chi connectivity index (χ0n) is 23.8.